The molecule has 0 radical (unpaired) electrons. The molecule has 4 heteroatoms. The third kappa shape index (κ3) is 3.07. The Balaban J connectivity index is 1.91. The Labute approximate surface area is 108 Å². The number of hydrogen-bond acceptors (Lipinski definition) is 3. The number of aromatic nitrogens is 1. The molecule has 0 aromatic carbocycles. The van der Waals surface area contributed by atoms with Crippen LogP contribution in [0.4, 0.5) is 0 Å². The van der Waals surface area contributed by atoms with Crippen molar-refractivity contribution in [2.75, 3.05) is 13.1 Å². The van der Waals surface area contributed by atoms with Crippen LogP contribution >= 0.6 is 0 Å². The van der Waals surface area contributed by atoms with Gasteiger partial charge >= 0.3 is 0 Å². The van der Waals surface area contributed by atoms with Crippen molar-refractivity contribution in [2.24, 2.45) is 0 Å². The second kappa shape index (κ2) is 5.96. The van der Waals surface area contributed by atoms with Gasteiger partial charge in [0.15, 0.2) is 0 Å². The van der Waals surface area contributed by atoms with Crippen molar-refractivity contribution in [2.45, 2.75) is 38.8 Å². The van der Waals surface area contributed by atoms with Crippen molar-refractivity contribution < 1.29 is 4.79 Å². The highest BCUT2D eigenvalue weighted by atomic mass is 16.2. The lowest BCUT2D eigenvalue weighted by atomic mass is 10.1. The highest BCUT2D eigenvalue weighted by molar-refractivity contribution is 5.77. The predicted octanol–water partition coefficient (Wildman–Crippen LogP) is 1.22. The fourth-order valence-electron chi connectivity index (χ4n) is 2.55. The standard InChI is InChI=1S/C14H21N3O/c1-11-9-16-10-12(2)17(11)14(18)4-3-13-5-7-15-8-6-13/h5-8,11-12,16H,3-4,9-10H2,1-2H3. The zero-order valence-corrected chi connectivity index (χ0v) is 11.1. The topological polar surface area (TPSA) is 45.2 Å². The maximum Gasteiger partial charge on any atom is 0.223 e. The number of piperazine rings is 1. The lowest BCUT2D eigenvalue weighted by Gasteiger charge is -2.39. The zero-order valence-electron chi connectivity index (χ0n) is 11.1. The number of nitrogens with one attached hydrogen (secondary N) is 1. The largest absolute Gasteiger partial charge is 0.335 e. The van der Waals surface area contributed by atoms with Crippen LogP contribution in [0.5, 0.6) is 0 Å². The summed E-state index contributed by atoms with van der Waals surface area (Å²) in [6.07, 6.45) is 4.93. The van der Waals surface area contributed by atoms with Gasteiger partial charge in [0.2, 0.25) is 5.91 Å². The van der Waals surface area contributed by atoms with E-state index in [2.05, 4.69) is 24.1 Å². The molecule has 2 unspecified atom stereocenters. The van der Waals surface area contributed by atoms with Crippen LogP contribution in [0.2, 0.25) is 0 Å². The fourth-order valence-corrected chi connectivity index (χ4v) is 2.55. The van der Waals surface area contributed by atoms with Gasteiger partial charge in [-0.15, -0.1) is 0 Å². The molecular formula is C14H21N3O. The van der Waals surface area contributed by atoms with E-state index in [4.69, 9.17) is 0 Å². The second-order valence-corrected chi connectivity index (χ2v) is 5.01. The van der Waals surface area contributed by atoms with Crippen LogP contribution in [0.15, 0.2) is 24.5 Å². The average molecular weight is 247 g/mol. The first kappa shape index (κ1) is 13.0. The van der Waals surface area contributed by atoms with Crippen LogP contribution < -0.4 is 5.32 Å². The lowest BCUT2D eigenvalue weighted by molar-refractivity contribution is -0.136. The molecule has 2 atom stereocenters. The summed E-state index contributed by atoms with van der Waals surface area (Å²) in [7, 11) is 0. The van der Waals surface area contributed by atoms with Crippen molar-refractivity contribution in [3.05, 3.63) is 30.1 Å². The van der Waals surface area contributed by atoms with Crippen LogP contribution in [0.25, 0.3) is 0 Å². The van der Waals surface area contributed by atoms with E-state index in [1.165, 1.54) is 5.56 Å². The van der Waals surface area contributed by atoms with E-state index in [-0.39, 0.29) is 5.91 Å². The Morgan fingerprint density at radius 2 is 1.94 bits per heavy atom. The maximum atomic E-state index is 12.3. The van der Waals surface area contributed by atoms with Gasteiger partial charge in [0.1, 0.15) is 0 Å². The van der Waals surface area contributed by atoms with Gasteiger partial charge in [-0.3, -0.25) is 9.78 Å². The summed E-state index contributed by atoms with van der Waals surface area (Å²) in [6, 6.07) is 4.52. The molecule has 1 N–H and O–H groups in total. The van der Waals surface area contributed by atoms with Crippen LogP contribution in [-0.2, 0) is 11.2 Å². The summed E-state index contributed by atoms with van der Waals surface area (Å²) in [4.78, 5) is 18.3. The molecule has 0 bridgehead atoms. The first-order valence-corrected chi connectivity index (χ1v) is 6.59. The van der Waals surface area contributed by atoms with Gasteiger partial charge in [-0.2, -0.15) is 0 Å². The summed E-state index contributed by atoms with van der Waals surface area (Å²) in [5, 5.41) is 3.34. The van der Waals surface area contributed by atoms with E-state index in [9.17, 15) is 4.79 Å². The summed E-state index contributed by atoms with van der Waals surface area (Å²) in [5.74, 6) is 0.258. The van der Waals surface area contributed by atoms with Crippen LogP contribution in [0, 0.1) is 0 Å². The van der Waals surface area contributed by atoms with Gasteiger partial charge in [-0.05, 0) is 38.0 Å². The first-order chi connectivity index (χ1) is 8.68. The summed E-state index contributed by atoms with van der Waals surface area (Å²) < 4.78 is 0. The van der Waals surface area contributed by atoms with Gasteiger partial charge < -0.3 is 10.2 Å². The smallest absolute Gasteiger partial charge is 0.223 e. The van der Waals surface area contributed by atoms with E-state index in [1.54, 1.807) is 12.4 Å². The Kier molecular flexibility index (Phi) is 4.31. The minimum atomic E-state index is 0.258. The molecule has 98 valence electrons. The van der Waals surface area contributed by atoms with Gasteiger partial charge in [0.25, 0.3) is 0 Å². The molecule has 4 nitrogen and oxygen atoms in total. The SMILES string of the molecule is CC1CNCC(C)N1C(=O)CCc1ccncc1. The number of rotatable bonds is 3. The van der Waals surface area contributed by atoms with Crippen LogP contribution in [0.3, 0.4) is 0 Å². The number of carbonyl (C=O) groups excluding carboxylic acids is 1. The molecule has 1 fully saturated rings. The summed E-state index contributed by atoms with van der Waals surface area (Å²) >= 11 is 0. The second-order valence-electron chi connectivity index (χ2n) is 5.01. The molecule has 2 rings (SSSR count). The molecule has 1 aliphatic heterocycles. The Morgan fingerprint density at radius 1 is 1.33 bits per heavy atom. The van der Waals surface area contributed by atoms with E-state index in [0.29, 0.717) is 18.5 Å². The Bertz CT molecular complexity index is 383. The number of amides is 1. The van der Waals surface area contributed by atoms with Crippen molar-refractivity contribution >= 4 is 5.91 Å². The summed E-state index contributed by atoms with van der Waals surface area (Å²) in [6.45, 7) is 6.00. The van der Waals surface area contributed by atoms with Crippen LogP contribution in [0.1, 0.15) is 25.8 Å². The van der Waals surface area contributed by atoms with E-state index in [1.807, 2.05) is 17.0 Å². The van der Waals surface area contributed by atoms with Gasteiger partial charge in [0.05, 0.1) is 0 Å². The minimum Gasteiger partial charge on any atom is -0.335 e. The summed E-state index contributed by atoms with van der Waals surface area (Å²) in [5.41, 5.74) is 1.17. The number of aryl methyl sites for hydroxylation is 1. The molecule has 0 aliphatic carbocycles. The third-order valence-electron chi connectivity index (χ3n) is 3.49. The fraction of sp³-hybridized carbons (Fsp3) is 0.571. The molecule has 1 saturated heterocycles. The highest BCUT2D eigenvalue weighted by Crippen LogP contribution is 2.13. The monoisotopic (exact) mass is 247 g/mol. The quantitative estimate of drug-likeness (QED) is 0.873. The van der Waals surface area contributed by atoms with Crippen molar-refractivity contribution in [1.82, 2.24) is 15.2 Å². The van der Waals surface area contributed by atoms with Crippen molar-refractivity contribution in [1.29, 1.82) is 0 Å². The molecule has 0 spiro atoms. The molecule has 18 heavy (non-hydrogen) atoms. The Morgan fingerprint density at radius 3 is 2.56 bits per heavy atom. The van der Waals surface area contributed by atoms with Gasteiger partial charge in [0, 0.05) is 44.0 Å². The normalized spacial score (nSPS) is 24.0. The maximum absolute atomic E-state index is 12.3. The highest BCUT2D eigenvalue weighted by Gasteiger charge is 2.28. The molecule has 2 heterocycles. The van der Waals surface area contributed by atoms with Gasteiger partial charge in [-0.1, -0.05) is 0 Å². The number of nitrogens with zero attached hydrogens (tertiary/aromatic N) is 2. The van der Waals surface area contributed by atoms with Crippen molar-refractivity contribution in [3.8, 4) is 0 Å². The molecule has 1 aromatic heterocycles. The molecular weight excluding hydrogens is 226 g/mol. The number of carbonyl (C=O) groups is 1. The minimum absolute atomic E-state index is 0.258. The number of pyridine rings is 1. The predicted molar refractivity (Wildman–Crippen MR) is 71.2 cm³/mol. The zero-order chi connectivity index (χ0) is 13.0. The van der Waals surface area contributed by atoms with Crippen molar-refractivity contribution in [3.63, 3.8) is 0 Å². The molecule has 1 amide bonds. The molecule has 1 aromatic rings. The lowest BCUT2D eigenvalue weighted by Crippen LogP contribution is -2.57. The van der Waals surface area contributed by atoms with Crippen LogP contribution in [-0.4, -0.2) is 41.0 Å². The Hall–Kier alpha value is -1.42. The average Bonchev–Trinajstić information content (AvgIpc) is 2.37. The number of hydrogen-bond donors (Lipinski definition) is 1. The molecule has 0 saturated carbocycles. The molecule has 1 aliphatic rings. The van der Waals surface area contributed by atoms with E-state index in [0.717, 1.165) is 19.5 Å². The van der Waals surface area contributed by atoms with E-state index >= 15 is 0 Å². The van der Waals surface area contributed by atoms with E-state index < -0.39 is 0 Å². The third-order valence-corrected chi connectivity index (χ3v) is 3.49. The van der Waals surface area contributed by atoms with Gasteiger partial charge in [-0.25, -0.2) is 0 Å². The first-order valence-electron chi connectivity index (χ1n) is 6.59.